The number of carbonyl (C=O) groups excluding carboxylic acids is 2. The van der Waals surface area contributed by atoms with Gasteiger partial charge in [0.05, 0.1) is 11.8 Å². The smallest absolute Gasteiger partial charge is 0.312 e. The Bertz CT molecular complexity index is 661. The van der Waals surface area contributed by atoms with Gasteiger partial charge < -0.3 is 15.3 Å². The van der Waals surface area contributed by atoms with Gasteiger partial charge in [-0.05, 0) is 18.4 Å². The third-order valence-corrected chi connectivity index (χ3v) is 6.17. The van der Waals surface area contributed by atoms with Crippen LogP contribution >= 0.6 is 11.8 Å². The zero-order valence-corrected chi connectivity index (χ0v) is 15.4. The number of nitrogens with zero attached hydrogens (tertiary/aromatic N) is 1. The minimum atomic E-state index is -0.976. The van der Waals surface area contributed by atoms with Crippen molar-refractivity contribution in [2.45, 2.75) is 37.6 Å². The molecule has 1 aromatic carbocycles. The van der Waals surface area contributed by atoms with E-state index in [0.29, 0.717) is 17.2 Å². The van der Waals surface area contributed by atoms with Crippen molar-refractivity contribution in [3.8, 4) is 0 Å². The summed E-state index contributed by atoms with van der Waals surface area (Å²) < 4.78 is 0. The fourth-order valence-corrected chi connectivity index (χ4v) is 4.80. The molecule has 7 heteroatoms. The van der Waals surface area contributed by atoms with Crippen molar-refractivity contribution in [3.63, 3.8) is 0 Å². The molecule has 0 aromatic heterocycles. The molecule has 2 amide bonds. The van der Waals surface area contributed by atoms with E-state index in [-0.39, 0.29) is 24.3 Å². The predicted octanol–water partition coefficient (Wildman–Crippen LogP) is 2.06. The number of carbonyl (C=O) groups is 3. The van der Waals surface area contributed by atoms with Crippen LogP contribution in [0.4, 0.5) is 0 Å². The van der Waals surface area contributed by atoms with Crippen molar-refractivity contribution in [1.82, 2.24) is 10.2 Å². The third-order valence-electron chi connectivity index (χ3n) is 5.15. The highest BCUT2D eigenvalue weighted by atomic mass is 32.2. The first-order chi connectivity index (χ1) is 12.6. The van der Waals surface area contributed by atoms with Crippen molar-refractivity contribution in [3.05, 3.63) is 35.9 Å². The molecule has 2 aliphatic rings. The van der Waals surface area contributed by atoms with E-state index in [1.165, 1.54) is 0 Å². The number of benzene rings is 1. The zero-order valence-electron chi connectivity index (χ0n) is 14.6. The normalized spacial score (nSPS) is 21.5. The second-order valence-corrected chi connectivity index (χ2v) is 7.85. The number of nitrogens with one attached hydrogen (secondary N) is 1. The Kier molecular flexibility index (Phi) is 6.19. The Hall–Kier alpha value is -2.02. The Balaban J connectivity index is 1.61. The highest BCUT2D eigenvalue weighted by molar-refractivity contribution is 7.99. The number of carboxylic acids is 1. The largest absolute Gasteiger partial charge is 0.481 e. The molecule has 1 saturated heterocycles. The van der Waals surface area contributed by atoms with Gasteiger partial charge >= 0.3 is 5.97 Å². The Morgan fingerprint density at radius 2 is 1.88 bits per heavy atom. The monoisotopic (exact) mass is 376 g/mol. The summed E-state index contributed by atoms with van der Waals surface area (Å²) in [6, 6.07) is 8.37. The van der Waals surface area contributed by atoms with Gasteiger partial charge in [-0.2, -0.15) is 0 Å². The molecule has 1 heterocycles. The molecular weight excluding hydrogens is 352 g/mol. The minimum Gasteiger partial charge on any atom is -0.481 e. The van der Waals surface area contributed by atoms with E-state index in [4.69, 9.17) is 0 Å². The number of hydrogen-bond donors (Lipinski definition) is 2. The van der Waals surface area contributed by atoms with E-state index >= 15 is 0 Å². The lowest BCUT2D eigenvalue weighted by molar-refractivity contribution is -0.142. The molecular formula is C19H24N2O4S. The summed E-state index contributed by atoms with van der Waals surface area (Å²) in [6.45, 7) is 0.0187. The number of thioether (sulfide) groups is 1. The van der Waals surface area contributed by atoms with E-state index in [9.17, 15) is 19.5 Å². The van der Waals surface area contributed by atoms with Crippen molar-refractivity contribution in [1.29, 1.82) is 0 Å². The lowest BCUT2D eigenvalue weighted by Crippen LogP contribution is -2.49. The summed E-state index contributed by atoms with van der Waals surface area (Å²) >= 11 is 1.57. The van der Waals surface area contributed by atoms with Crippen LogP contribution in [0.3, 0.4) is 0 Å². The van der Waals surface area contributed by atoms with Gasteiger partial charge in [-0.1, -0.05) is 43.2 Å². The molecule has 3 rings (SSSR count). The van der Waals surface area contributed by atoms with Crippen molar-refractivity contribution in [2.24, 2.45) is 5.92 Å². The van der Waals surface area contributed by atoms with E-state index in [2.05, 4.69) is 5.32 Å². The first-order valence-electron chi connectivity index (χ1n) is 9.01. The van der Waals surface area contributed by atoms with Gasteiger partial charge in [0.2, 0.25) is 11.8 Å². The number of hydrogen-bond acceptors (Lipinski definition) is 4. The molecule has 2 atom stereocenters. The molecule has 1 aliphatic heterocycles. The summed E-state index contributed by atoms with van der Waals surface area (Å²) in [6.07, 6.45) is 3.96. The van der Waals surface area contributed by atoms with Crippen LogP contribution in [0.5, 0.6) is 0 Å². The molecule has 1 aliphatic carbocycles. The van der Waals surface area contributed by atoms with Crippen LogP contribution in [-0.4, -0.2) is 52.0 Å². The molecule has 140 valence electrons. The summed E-state index contributed by atoms with van der Waals surface area (Å²) in [4.78, 5) is 38.5. The molecule has 2 fully saturated rings. The van der Waals surface area contributed by atoms with Gasteiger partial charge in [-0.3, -0.25) is 14.4 Å². The molecule has 2 N–H and O–H groups in total. The number of carboxylic acid groups (broad SMARTS) is 1. The maximum Gasteiger partial charge on any atom is 0.312 e. The Morgan fingerprint density at radius 1 is 1.19 bits per heavy atom. The quantitative estimate of drug-likeness (QED) is 0.794. The van der Waals surface area contributed by atoms with Gasteiger partial charge in [0.15, 0.2) is 0 Å². The second-order valence-electron chi connectivity index (χ2n) is 6.85. The predicted molar refractivity (Wildman–Crippen MR) is 99.7 cm³/mol. The zero-order chi connectivity index (χ0) is 18.5. The van der Waals surface area contributed by atoms with Crippen molar-refractivity contribution >= 4 is 29.5 Å². The SMILES string of the molecule is O=C(O)C(CNC(=O)C1CSCN1C(=O)C1CCCC1)c1ccccc1. The number of rotatable bonds is 6. The Labute approximate surface area is 157 Å². The number of amides is 2. The lowest BCUT2D eigenvalue weighted by Gasteiger charge is -2.26. The van der Waals surface area contributed by atoms with Gasteiger partial charge in [-0.15, -0.1) is 11.8 Å². The molecule has 1 aromatic rings. The number of aliphatic carboxylic acids is 1. The van der Waals surface area contributed by atoms with Crippen LogP contribution in [0.1, 0.15) is 37.2 Å². The second kappa shape index (κ2) is 8.58. The van der Waals surface area contributed by atoms with E-state index in [0.717, 1.165) is 25.7 Å². The van der Waals surface area contributed by atoms with E-state index in [1.54, 1.807) is 40.9 Å². The maximum atomic E-state index is 12.7. The lowest BCUT2D eigenvalue weighted by atomic mass is 9.99. The minimum absolute atomic E-state index is 0.0187. The summed E-state index contributed by atoms with van der Waals surface area (Å²) in [5.41, 5.74) is 0.653. The van der Waals surface area contributed by atoms with Gasteiger partial charge in [0, 0.05) is 18.2 Å². The molecule has 0 bridgehead atoms. The first-order valence-corrected chi connectivity index (χ1v) is 10.2. The molecule has 0 radical (unpaired) electrons. The maximum absolute atomic E-state index is 12.7. The van der Waals surface area contributed by atoms with Crippen LogP contribution in [0.2, 0.25) is 0 Å². The van der Waals surface area contributed by atoms with Crippen LogP contribution in [0, 0.1) is 5.92 Å². The standard InChI is InChI=1S/C19H24N2O4S/c22-17(20-10-15(19(24)25)13-6-2-1-3-7-13)16-11-26-12-21(16)18(23)14-8-4-5-9-14/h1-3,6-7,14-16H,4-5,8-12H2,(H,20,22)(H,24,25). The highest BCUT2D eigenvalue weighted by Crippen LogP contribution is 2.30. The fraction of sp³-hybridized carbons (Fsp3) is 0.526. The van der Waals surface area contributed by atoms with Crippen molar-refractivity contribution < 1.29 is 19.5 Å². The van der Waals surface area contributed by atoms with Gasteiger partial charge in [0.1, 0.15) is 6.04 Å². The summed E-state index contributed by atoms with van der Waals surface area (Å²) in [5, 5.41) is 12.2. The van der Waals surface area contributed by atoms with E-state index < -0.39 is 17.9 Å². The highest BCUT2D eigenvalue weighted by Gasteiger charge is 2.38. The van der Waals surface area contributed by atoms with Crippen LogP contribution < -0.4 is 5.32 Å². The van der Waals surface area contributed by atoms with E-state index in [1.807, 2.05) is 6.07 Å². The molecule has 26 heavy (non-hydrogen) atoms. The molecule has 0 spiro atoms. The van der Waals surface area contributed by atoms with Crippen molar-refractivity contribution in [2.75, 3.05) is 18.2 Å². The average Bonchev–Trinajstić information content (AvgIpc) is 3.33. The Morgan fingerprint density at radius 3 is 2.54 bits per heavy atom. The van der Waals surface area contributed by atoms with Gasteiger partial charge in [0.25, 0.3) is 0 Å². The molecule has 1 saturated carbocycles. The van der Waals surface area contributed by atoms with Gasteiger partial charge in [-0.25, -0.2) is 0 Å². The molecule has 6 nitrogen and oxygen atoms in total. The molecule has 2 unspecified atom stereocenters. The van der Waals surface area contributed by atoms with Crippen LogP contribution in [-0.2, 0) is 14.4 Å². The van der Waals surface area contributed by atoms with Crippen LogP contribution in [0.25, 0.3) is 0 Å². The fourth-order valence-electron chi connectivity index (χ4n) is 3.64. The average molecular weight is 376 g/mol. The topological polar surface area (TPSA) is 86.7 Å². The summed E-state index contributed by atoms with van der Waals surface area (Å²) in [7, 11) is 0. The third kappa shape index (κ3) is 4.20. The summed E-state index contributed by atoms with van der Waals surface area (Å²) in [5.74, 6) is -0.819. The first kappa shape index (κ1) is 18.8. The van der Waals surface area contributed by atoms with Crippen LogP contribution in [0.15, 0.2) is 30.3 Å².